The van der Waals surface area contributed by atoms with E-state index in [1.54, 1.807) is 22.3 Å². The molecule has 1 amide bonds. The molecule has 1 aliphatic heterocycles. The maximum absolute atomic E-state index is 13.9. The molecule has 0 spiro atoms. The van der Waals surface area contributed by atoms with Crippen LogP contribution in [0.2, 0.25) is 4.34 Å². The Morgan fingerprint density at radius 2 is 1.78 bits per heavy atom. The number of benzene rings is 2. The van der Waals surface area contributed by atoms with Crippen molar-refractivity contribution >= 4 is 44.6 Å². The van der Waals surface area contributed by atoms with Crippen molar-refractivity contribution in [2.45, 2.75) is 11.4 Å². The molecule has 0 radical (unpaired) electrons. The maximum atomic E-state index is 13.9. The van der Waals surface area contributed by atoms with E-state index in [4.69, 9.17) is 11.6 Å². The number of amides is 1. The molecule has 6 nitrogen and oxygen atoms in total. The van der Waals surface area contributed by atoms with Crippen LogP contribution in [0.1, 0.15) is 15.2 Å². The van der Waals surface area contributed by atoms with Crippen molar-refractivity contribution in [1.82, 2.24) is 9.80 Å². The molecule has 0 saturated carbocycles. The predicted molar refractivity (Wildman–Crippen MR) is 124 cm³/mol. The summed E-state index contributed by atoms with van der Waals surface area (Å²) in [5, 5.41) is 0. The second-order valence-electron chi connectivity index (χ2n) is 7.39. The monoisotopic (exact) mass is 493 g/mol. The summed E-state index contributed by atoms with van der Waals surface area (Å²) in [5.74, 6) is -0.905. The molecule has 4 rings (SSSR count). The normalized spacial score (nSPS) is 15.0. The van der Waals surface area contributed by atoms with Crippen molar-refractivity contribution in [2.75, 3.05) is 30.9 Å². The van der Waals surface area contributed by atoms with Gasteiger partial charge in [0, 0.05) is 43.2 Å². The fourth-order valence-corrected chi connectivity index (χ4v) is 5.74. The summed E-state index contributed by atoms with van der Waals surface area (Å²) in [6.07, 6.45) is 0. The lowest BCUT2D eigenvalue weighted by atomic mass is 10.2. The fourth-order valence-electron chi connectivity index (χ4n) is 3.49. The summed E-state index contributed by atoms with van der Waals surface area (Å²) in [6, 6.07) is 15.2. The van der Waals surface area contributed by atoms with E-state index in [9.17, 15) is 17.6 Å². The minimum atomic E-state index is -4.04. The summed E-state index contributed by atoms with van der Waals surface area (Å²) in [7, 11) is -4.04. The van der Waals surface area contributed by atoms with Crippen molar-refractivity contribution in [3.8, 4) is 0 Å². The number of para-hydroxylation sites is 1. The molecule has 1 fully saturated rings. The van der Waals surface area contributed by atoms with Gasteiger partial charge in [0.1, 0.15) is 5.82 Å². The van der Waals surface area contributed by atoms with Gasteiger partial charge in [0.2, 0.25) is 0 Å². The number of nitrogens with zero attached hydrogens (tertiary/aromatic N) is 2. The van der Waals surface area contributed by atoms with Gasteiger partial charge in [-0.3, -0.25) is 14.4 Å². The number of nitrogens with one attached hydrogen (secondary N) is 1. The van der Waals surface area contributed by atoms with Gasteiger partial charge in [-0.25, -0.2) is 12.8 Å². The number of halogens is 2. The molecule has 1 saturated heterocycles. The number of hydrogen-bond donors (Lipinski definition) is 1. The fraction of sp³-hybridized carbons (Fsp3) is 0.227. The van der Waals surface area contributed by atoms with Gasteiger partial charge < -0.3 is 4.90 Å². The van der Waals surface area contributed by atoms with Crippen LogP contribution in [-0.4, -0.2) is 50.3 Å². The molecule has 1 aromatic heterocycles. The highest BCUT2D eigenvalue weighted by atomic mass is 35.5. The first-order valence-electron chi connectivity index (χ1n) is 9.95. The lowest BCUT2D eigenvalue weighted by molar-refractivity contribution is 0.0629. The molecule has 0 bridgehead atoms. The van der Waals surface area contributed by atoms with Gasteiger partial charge in [-0.15, -0.1) is 11.3 Å². The van der Waals surface area contributed by atoms with E-state index in [1.165, 1.54) is 47.3 Å². The van der Waals surface area contributed by atoms with Crippen LogP contribution < -0.4 is 4.72 Å². The van der Waals surface area contributed by atoms with E-state index in [2.05, 4.69) is 9.62 Å². The van der Waals surface area contributed by atoms with Crippen molar-refractivity contribution in [3.63, 3.8) is 0 Å². The van der Waals surface area contributed by atoms with Gasteiger partial charge in [0.05, 0.1) is 14.9 Å². The van der Waals surface area contributed by atoms with Crippen LogP contribution in [0.3, 0.4) is 0 Å². The number of thiophene rings is 1. The van der Waals surface area contributed by atoms with Crippen molar-refractivity contribution in [3.05, 3.63) is 81.3 Å². The zero-order valence-electron chi connectivity index (χ0n) is 17.0. The molecule has 0 atom stereocenters. The minimum Gasteiger partial charge on any atom is -0.336 e. The first kappa shape index (κ1) is 22.7. The summed E-state index contributed by atoms with van der Waals surface area (Å²) < 4.78 is 42.3. The van der Waals surface area contributed by atoms with Crippen LogP contribution in [0.4, 0.5) is 10.1 Å². The number of rotatable bonds is 6. The van der Waals surface area contributed by atoms with Crippen LogP contribution in [0.25, 0.3) is 0 Å². The van der Waals surface area contributed by atoms with E-state index in [1.807, 2.05) is 12.1 Å². The summed E-state index contributed by atoms with van der Waals surface area (Å²) in [5.41, 5.74) is 0.132. The highest BCUT2D eigenvalue weighted by Gasteiger charge is 2.24. The first-order chi connectivity index (χ1) is 15.3. The Labute approximate surface area is 195 Å². The average molecular weight is 494 g/mol. The lowest BCUT2D eigenvalue weighted by Gasteiger charge is -2.34. The van der Waals surface area contributed by atoms with E-state index < -0.39 is 15.8 Å². The predicted octanol–water partition coefficient (Wildman–Crippen LogP) is 4.30. The molecule has 168 valence electrons. The van der Waals surface area contributed by atoms with Gasteiger partial charge >= 0.3 is 0 Å². The van der Waals surface area contributed by atoms with Gasteiger partial charge in [-0.1, -0.05) is 29.8 Å². The van der Waals surface area contributed by atoms with Crippen LogP contribution in [0, 0.1) is 5.82 Å². The molecule has 2 aromatic carbocycles. The second kappa shape index (κ2) is 9.58. The average Bonchev–Trinajstić information content (AvgIpc) is 3.20. The number of anilines is 1. The quantitative estimate of drug-likeness (QED) is 0.556. The maximum Gasteiger partial charge on any atom is 0.262 e. The zero-order valence-corrected chi connectivity index (χ0v) is 19.4. The molecular weight excluding hydrogens is 473 g/mol. The molecule has 1 N–H and O–H groups in total. The smallest absolute Gasteiger partial charge is 0.262 e. The molecule has 0 aliphatic carbocycles. The Kier molecular flexibility index (Phi) is 6.80. The van der Waals surface area contributed by atoms with E-state index in [-0.39, 0.29) is 22.1 Å². The highest BCUT2D eigenvalue weighted by Crippen LogP contribution is 2.24. The molecule has 2 heterocycles. The Hall–Kier alpha value is -2.46. The van der Waals surface area contributed by atoms with Gasteiger partial charge in [0.25, 0.3) is 15.9 Å². The molecule has 0 unspecified atom stereocenters. The second-order valence-corrected chi connectivity index (χ2v) is 10.9. The standard InChI is InChI=1S/C22H21ClFN3O3S2/c23-21-9-8-17(31-21)15-26-10-12-27(13-11-26)22(28)16-4-3-5-18(14-16)32(29,30)25-20-7-2-1-6-19(20)24/h1-9,14,25H,10-13,15H2. The van der Waals surface area contributed by atoms with Crippen LogP contribution >= 0.6 is 22.9 Å². The van der Waals surface area contributed by atoms with Gasteiger partial charge in [0.15, 0.2) is 0 Å². The Morgan fingerprint density at radius 1 is 1.03 bits per heavy atom. The topological polar surface area (TPSA) is 69.7 Å². The Morgan fingerprint density at radius 3 is 2.47 bits per heavy atom. The van der Waals surface area contributed by atoms with Crippen molar-refractivity contribution in [1.29, 1.82) is 0 Å². The number of carbonyl (C=O) groups is 1. The van der Waals surface area contributed by atoms with Crippen LogP contribution in [-0.2, 0) is 16.6 Å². The summed E-state index contributed by atoms with van der Waals surface area (Å²) in [6.45, 7) is 3.31. The van der Waals surface area contributed by atoms with E-state index >= 15 is 0 Å². The third-order valence-corrected chi connectivity index (χ3v) is 7.76. The molecular formula is C22H21ClFN3O3S2. The molecule has 1 aliphatic rings. The van der Waals surface area contributed by atoms with Crippen LogP contribution in [0.15, 0.2) is 65.6 Å². The zero-order chi connectivity index (χ0) is 22.7. The SMILES string of the molecule is O=C(c1cccc(S(=O)(=O)Nc2ccccc2F)c1)N1CCN(Cc2ccc(Cl)s2)CC1. The number of sulfonamides is 1. The largest absolute Gasteiger partial charge is 0.336 e. The van der Waals surface area contributed by atoms with E-state index in [0.717, 1.165) is 10.9 Å². The summed E-state index contributed by atoms with van der Waals surface area (Å²) in [4.78, 5) is 18.0. The Bertz CT molecular complexity index is 1220. The lowest BCUT2D eigenvalue weighted by Crippen LogP contribution is -2.48. The van der Waals surface area contributed by atoms with Crippen LogP contribution in [0.5, 0.6) is 0 Å². The number of piperazine rings is 1. The van der Waals surface area contributed by atoms with Gasteiger partial charge in [-0.05, 0) is 42.5 Å². The highest BCUT2D eigenvalue weighted by molar-refractivity contribution is 7.92. The number of hydrogen-bond acceptors (Lipinski definition) is 5. The van der Waals surface area contributed by atoms with Gasteiger partial charge in [-0.2, -0.15) is 0 Å². The third kappa shape index (κ3) is 5.29. The van der Waals surface area contributed by atoms with Crippen molar-refractivity contribution in [2.24, 2.45) is 0 Å². The molecule has 32 heavy (non-hydrogen) atoms. The molecule has 10 heteroatoms. The molecule has 3 aromatic rings. The summed E-state index contributed by atoms with van der Waals surface area (Å²) >= 11 is 7.54. The number of carbonyl (C=O) groups excluding carboxylic acids is 1. The van der Waals surface area contributed by atoms with Crippen molar-refractivity contribution < 1.29 is 17.6 Å². The third-order valence-electron chi connectivity index (χ3n) is 5.18. The van der Waals surface area contributed by atoms with E-state index in [0.29, 0.717) is 26.2 Å². The minimum absolute atomic E-state index is 0.0974. The Balaban J connectivity index is 1.42. The first-order valence-corrected chi connectivity index (χ1v) is 12.6.